The lowest BCUT2D eigenvalue weighted by Crippen LogP contribution is -2.26. The molecule has 0 fully saturated rings. The Kier molecular flexibility index (Phi) is 5.66. The summed E-state index contributed by atoms with van der Waals surface area (Å²) < 4.78 is 14.7. The van der Waals surface area contributed by atoms with Gasteiger partial charge in [0.05, 0.1) is 33.3 Å². The monoisotopic (exact) mass is 267 g/mol. The van der Waals surface area contributed by atoms with E-state index in [2.05, 4.69) is 10.1 Å². The van der Waals surface area contributed by atoms with Gasteiger partial charge in [0.25, 0.3) is 5.91 Å². The van der Waals surface area contributed by atoms with E-state index >= 15 is 0 Å². The Bertz CT molecular complexity index is 458. The summed E-state index contributed by atoms with van der Waals surface area (Å²) in [5, 5.41) is 2.62. The lowest BCUT2D eigenvalue weighted by atomic mass is 10.1. The number of ether oxygens (including phenoxy) is 3. The Morgan fingerprint density at radius 2 is 1.89 bits per heavy atom. The fourth-order valence-electron chi connectivity index (χ4n) is 1.46. The quantitative estimate of drug-likeness (QED) is 0.778. The van der Waals surface area contributed by atoms with Crippen LogP contribution in [0.2, 0.25) is 0 Å². The number of hydrogen-bond donors (Lipinski definition) is 1. The van der Waals surface area contributed by atoms with Crippen molar-refractivity contribution in [2.24, 2.45) is 0 Å². The average molecular weight is 267 g/mol. The number of amides is 1. The first-order valence-electron chi connectivity index (χ1n) is 5.69. The molecule has 1 aromatic carbocycles. The molecule has 1 N–H and O–H groups in total. The molecule has 1 amide bonds. The van der Waals surface area contributed by atoms with Crippen LogP contribution in [0, 0.1) is 0 Å². The molecule has 104 valence electrons. The molecule has 0 aliphatic rings. The highest BCUT2D eigenvalue weighted by Crippen LogP contribution is 2.24. The van der Waals surface area contributed by atoms with Crippen LogP contribution in [0.3, 0.4) is 0 Å². The molecule has 0 saturated heterocycles. The molecule has 0 atom stereocenters. The van der Waals surface area contributed by atoms with E-state index in [0.29, 0.717) is 17.1 Å². The second-order valence-corrected chi connectivity index (χ2v) is 3.65. The number of hydrogen-bond acceptors (Lipinski definition) is 5. The van der Waals surface area contributed by atoms with Gasteiger partial charge in [-0.15, -0.1) is 0 Å². The minimum Gasteiger partial charge on any atom is -0.497 e. The Hall–Kier alpha value is -2.24. The van der Waals surface area contributed by atoms with Crippen molar-refractivity contribution < 1.29 is 23.8 Å². The van der Waals surface area contributed by atoms with Gasteiger partial charge in [0.1, 0.15) is 11.5 Å². The van der Waals surface area contributed by atoms with Gasteiger partial charge in [0.2, 0.25) is 0 Å². The molecule has 0 spiro atoms. The normalized spacial score (nSPS) is 9.63. The van der Waals surface area contributed by atoms with Crippen molar-refractivity contribution in [3.05, 3.63) is 23.8 Å². The van der Waals surface area contributed by atoms with Gasteiger partial charge in [-0.3, -0.25) is 9.59 Å². The van der Waals surface area contributed by atoms with Gasteiger partial charge in [-0.2, -0.15) is 0 Å². The van der Waals surface area contributed by atoms with Crippen LogP contribution in [0.1, 0.15) is 16.8 Å². The van der Waals surface area contributed by atoms with Crippen LogP contribution in [0.4, 0.5) is 0 Å². The zero-order chi connectivity index (χ0) is 14.3. The molecule has 6 nitrogen and oxygen atoms in total. The summed E-state index contributed by atoms with van der Waals surface area (Å²) in [7, 11) is 4.31. The number of carbonyl (C=O) groups is 2. The van der Waals surface area contributed by atoms with E-state index in [0.717, 1.165) is 0 Å². The summed E-state index contributed by atoms with van der Waals surface area (Å²) in [6.07, 6.45) is 0.126. The maximum Gasteiger partial charge on any atom is 0.307 e. The van der Waals surface area contributed by atoms with E-state index in [1.54, 1.807) is 18.2 Å². The van der Waals surface area contributed by atoms with Gasteiger partial charge < -0.3 is 19.5 Å². The first-order valence-corrected chi connectivity index (χ1v) is 5.69. The number of carbonyl (C=O) groups excluding carboxylic acids is 2. The highest BCUT2D eigenvalue weighted by molar-refractivity contribution is 5.97. The van der Waals surface area contributed by atoms with Gasteiger partial charge in [0, 0.05) is 12.6 Å². The lowest BCUT2D eigenvalue weighted by Gasteiger charge is -2.10. The van der Waals surface area contributed by atoms with Crippen molar-refractivity contribution in [2.75, 3.05) is 27.9 Å². The van der Waals surface area contributed by atoms with Crippen molar-refractivity contribution in [2.45, 2.75) is 6.42 Å². The fraction of sp³-hybridized carbons (Fsp3) is 0.385. The minimum absolute atomic E-state index is 0.126. The third-order valence-corrected chi connectivity index (χ3v) is 2.50. The molecular formula is C13H17NO5. The summed E-state index contributed by atoms with van der Waals surface area (Å²) in [5.74, 6) is 0.322. The molecule has 6 heteroatoms. The van der Waals surface area contributed by atoms with E-state index in [1.807, 2.05) is 0 Å². The molecule has 0 aromatic heterocycles. The van der Waals surface area contributed by atoms with Crippen LogP contribution in [0.25, 0.3) is 0 Å². The third kappa shape index (κ3) is 4.17. The van der Waals surface area contributed by atoms with Gasteiger partial charge in [-0.25, -0.2) is 0 Å². The Balaban J connectivity index is 2.68. The van der Waals surface area contributed by atoms with Gasteiger partial charge in [-0.05, 0) is 12.1 Å². The summed E-state index contributed by atoms with van der Waals surface area (Å²) in [6.45, 7) is 0.209. The second kappa shape index (κ2) is 7.25. The lowest BCUT2D eigenvalue weighted by molar-refractivity contribution is -0.140. The predicted octanol–water partition coefficient (Wildman–Crippen LogP) is 0.997. The van der Waals surface area contributed by atoms with Crippen molar-refractivity contribution >= 4 is 11.9 Å². The highest BCUT2D eigenvalue weighted by atomic mass is 16.5. The molecule has 0 heterocycles. The molecule has 0 aliphatic heterocycles. The van der Waals surface area contributed by atoms with E-state index in [4.69, 9.17) is 9.47 Å². The number of rotatable bonds is 6. The van der Waals surface area contributed by atoms with Crippen LogP contribution in [-0.2, 0) is 9.53 Å². The molecule has 19 heavy (non-hydrogen) atoms. The molecule has 1 aromatic rings. The van der Waals surface area contributed by atoms with E-state index in [9.17, 15) is 9.59 Å². The molecular weight excluding hydrogens is 250 g/mol. The van der Waals surface area contributed by atoms with Gasteiger partial charge in [-0.1, -0.05) is 0 Å². The summed E-state index contributed by atoms with van der Waals surface area (Å²) in [6, 6.07) is 4.89. The van der Waals surface area contributed by atoms with Crippen LogP contribution >= 0.6 is 0 Å². The zero-order valence-electron chi connectivity index (χ0n) is 11.2. The van der Waals surface area contributed by atoms with Crippen molar-refractivity contribution in [1.82, 2.24) is 5.32 Å². The smallest absolute Gasteiger partial charge is 0.307 e. The Labute approximate surface area is 111 Å². The maximum absolute atomic E-state index is 11.9. The minimum atomic E-state index is -0.373. The van der Waals surface area contributed by atoms with Crippen LogP contribution in [0.5, 0.6) is 11.5 Å². The van der Waals surface area contributed by atoms with Crippen molar-refractivity contribution in [3.8, 4) is 11.5 Å². The summed E-state index contributed by atoms with van der Waals surface area (Å²) in [5.41, 5.74) is 0.383. The Morgan fingerprint density at radius 3 is 2.47 bits per heavy atom. The predicted molar refractivity (Wildman–Crippen MR) is 68.5 cm³/mol. The number of methoxy groups -OCH3 is 3. The zero-order valence-corrected chi connectivity index (χ0v) is 11.2. The van der Waals surface area contributed by atoms with Crippen molar-refractivity contribution in [1.29, 1.82) is 0 Å². The molecule has 0 saturated carbocycles. The average Bonchev–Trinajstić information content (AvgIpc) is 2.45. The van der Waals surface area contributed by atoms with Crippen LogP contribution < -0.4 is 14.8 Å². The molecule has 0 aliphatic carbocycles. The molecule has 0 unspecified atom stereocenters. The number of benzene rings is 1. The van der Waals surface area contributed by atoms with E-state index < -0.39 is 0 Å². The maximum atomic E-state index is 11.9. The summed E-state index contributed by atoms with van der Waals surface area (Å²) >= 11 is 0. The Morgan fingerprint density at radius 1 is 1.16 bits per heavy atom. The number of nitrogens with one attached hydrogen (secondary N) is 1. The third-order valence-electron chi connectivity index (χ3n) is 2.50. The first-order chi connectivity index (χ1) is 9.12. The van der Waals surface area contributed by atoms with Gasteiger partial charge in [0.15, 0.2) is 0 Å². The largest absolute Gasteiger partial charge is 0.497 e. The van der Waals surface area contributed by atoms with Crippen LogP contribution in [-0.4, -0.2) is 39.8 Å². The van der Waals surface area contributed by atoms with E-state index in [-0.39, 0.29) is 24.8 Å². The van der Waals surface area contributed by atoms with Gasteiger partial charge >= 0.3 is 5.97 Å². The number of esters is 1. The SMILES string of the molecule is COC(=O)CCNC(=O)c1ccc(OC)cc1OC. The molecule has 1 rings (SSSR count). The molecule has 0 bridgehead atoms. The topological polar surface area (TPSA) is 73.9 Å². The fourth-order valence-corrected chi connectivity index (χ4v) is 1.46. The van der Waals surface area contributed by atoms with Crippen LogP contribution in [0.15, 0.2) is 18.2 Å². The summed E-state index contributed by atoms with van der Waals surface area (Å²) in [4.78, 5) is 22.8. The second-order valence-electron chi connectivity index (χ2n) is 3.65. The standard InChI is InChI=1S/C13H17NO5/c1-17-9-4-5-10(11(8-9)18-2)13(16)14-7-6-12(15)19-3/h4-5,8H,6-7H2,1-3H3,(H,14,16). The first kappa shape index (κ1) is 14.8. The van der Waals surface area contributed by atoms with E-state index in [1.165, 1.54) is 21.3 Å². The molecule has 0 radical (unpaired) electrons. The van der Waals surface area contributed by atoms with Crippen molar-refractivity contribution in [3.63, 3.8) is 0 Å². The highest BCUT2D eigenvalue weighted by Gasteiger charge is 2.13.